The van der Waals surface area contributed by atoms with Crippen LogP contribution in [-0.2, 0) is 24.0 Å². The van der Waals surface area contributed by atoms with Crippen LogP contribution in [0.25, 0.3) is 0 Å². The van der Waals surface area contributed by atoms with Gasteiger partial charge in [-0.05, 0) is 44.1 Å². The Morgan fingerprint density at radius 1 is 0.824 bits per heavy atom. The Kier molecular flexibility index (Phi) is 14.7. The smallest absolute Gasteiger partial charge is 0.326 e. The summed E-state index contributed by atoms with van der Waals surface area (Å²) in [5.74, 6) is -5.06. The van der Waals surface area contributed by atoms with Crippen LogP contribution in [0.3, 0.4) is 0 Å². The standard InChI is InChI=1S/C22H41N5O7/c1-5-13(4)18(24)21(32)25-14(8-6-7-9-23)19(30)26-15(11-17(28)29)20(31)27-16(22(33)34)10-12(2)3/h12-16,18H,5-11,23-24H2,1-4H3,(H,25,32)(H,26,30)(H,27,31)(H,28,29)(H,33,34). The highest BCUT2D eigenvalue weighted by Crippen LogP contribution is 2.09. The summed E-state index contributed by atoms with van der Waals surface area (Å²) in [5.41, 5.74) is 11.5. The van der Waals surface area contributed by atoms with Crippen LogP contribution in [0, 0.1) is 11.8 Å². The molecule has 0 rings (SSSR count). The summed E-state index contributed by atoms with van der Waals surface area (Å²) in [6.45, 7) is 7.61. The van der Waals surface area contributed by atoms with E-state index in [9.17, 15) is 34.2 Å². The SMILES string of the molecule is CCC(C)C(N)C(=O)NC(CCCCN)C(=O)NC(CC(=O)O)C(=O)NC(CC(C)C)C(=O)O. The molecule has 0 aliphatic rings. The van der Waals surface area contributed by atoms with E-state index in [1.54, 1.807) is 20.8 Å². The van der Waals surface area contributed by atoms with Crippen LogP contribution >= 0.6 is 0 Å². The molecule has 0 aromatic carbocycles. The number of carbonyl (C=O) groups excluding carboxylic acids is 3. The van der Waals surface area contributed by atoms with Gasteiger partial charge in [0.25, 0.3) is 0 Å². The molecule has 0 aliphatic heterocycles. The van der Waals surface area contributed by atoms with E-state index in [1.807, 2.05) is 6.92 Å². The maximum Gasteiger partial charge on any atom is 0.326 e. The Hall–Kier alpha value is -2.73. The molecule has 0 bridgehead atoms. The molecule has 12 heteroatoms. The number of nitrogens with two attached hydrogens (primary N) is 2. The molecule has 12 nitrogen and oxygen atoms in total. The molecule has 0 spiro atoms. The highest BCUT2D eigenvalue weighted by atomic mass is 16.4. The number of unbranched alkanes of at least 4 members (excludes halogenated alkanes) is 1. The molecule has 0 aliphatic carbocycles. The van der Waals surface area contributed by atoms with Gasteiger partial charge in [0, 0.05) is 0 Å². The van der Waals surface area contributed by atoms with Crippen molar-refractivity contribution < 1.29 is 34.2 Å². The molecule has 0 saturated carbocycles. The predicted octanol–water partition coefficient (Wildman–Crippen LogP) is -0.451. The summed E-state index contributed by atoms with van der Waals surface area (Å²) >= 11 is 0. The van der Waals surface area contributed by atoms with Crippen molar-refractivity contribution in [2.24, 2.45) is 23.3 Å². The van der Waals surface area contributed by atoms with Crippen LogP contribution in [0.5, 0.6) is 0 Å². The van der Waals surface area contributed by atoms with E-state index in [2.05, 4.69) is 16.0 Å². The van der Waals surface area contributed by atoms with Crippen molar-refractivity contribution in [1.82, 2.24) is 16.0 Å². The number of rotatable bonds is 17. The van der Waals surface area contributed by atoms with Gasteiger partial charge in [0.15, 0.2) is 0 Å². The number of hydrogen-bond donors (Lipinski definition) is 7. The van der Waals surface area contributed by atoms with Crippen molar-refractivity contribution in [2.75, 3.05) is 6.54 Å². The number of carboxylic acid groups (broad SMARTS) is 2. The van der Waals surface area contributed by atoms with E-state index >= 15 is 0 Å². The largest absolute Gasteiger partial charge is 0.481 e. The lowest BCUT2D eigenvalue weighted by Gasteiger charge is -2.26. The zero-order chi connectivity index (χ0) is 26.4. The Morgan fingerprint density at radius 3 is 1.82 bits per heavy atom. The Labute approximate surface area is 200 Å². The van der Waals surface area contributed by atoms with Crippen LogP contribution in [-0.4, -0.2) is 70.6 Å². The zero-order valence-electron chi connectivity index (χ0n) is 20.5. The van der Waals surface area contributed by atoms with Gasteiger partial charge in [0.1, 0.15) is 18.1 Å². The first kappa shape index (κ1) is 31.3. The molecule has 0 fully saturated rings. The fraction of sp³-hybridized carbons (Fsp3) is 0.773. The molecular weight excluding hydrogens is 446 g/mol. The zero-order valence-corrected chi connectivity index (χ0v) is 20.5. The molecule has 0 heterocycles. The Balaban J connectivity index is 5.56. The van der Waals surface area contributed by atoms with E-state index < -0.39 is 60.2 Å². The van der Waals surface area contributed by atoms with Crippen LogP contribution in [0.15, 0.2) is 0 Å². The monoisotopic (exact) mass is 487 g/mol. The van der Waals surface area contributed by atoms with Crippen molar-refractivity contribution in [2.45, 2.75) is 90.4 Å². The van der Waals surface area contributed by atoms with E-state index in [1.165, 1.54) is 0 Å². The third-order valence-corrected chi connectivity index (χ3v) is 5.47. The average Bonchev–Trinajstić information content (AvgIpc) is 2.75. The lowest BCUT2D eigenvalue weighted by atomic mass is 9.98. The van der Waals surface area contributed by atoms with Gasteiger partial charge in [0.2, 0.25) is 17.7 Å². The van der Waals surface area contributed by atoms with Gasteiger partial charge in [-0.2, -0.15) is 0 Å². The molecule has 0 aromatic heterocycles. The number of carbonyl (C=O) groups is 5. The number of amides is 3. The number of aliphatic carboxylic acids is 2. The second-order valence-electron chi connectivity index (χ2n) is 8.94. The summed E-state index contributed by atoms with van der Waals surface area (Å²) in [4.78, 5) is 60.9. The van der Waals surface area contributed by atoms with Gasteiger partial charge in [-0.1, -0.05) is 34.1 Å². The number of carboxylic acids is 2. The maximum absolute atomic E-state index is 12.9. The van der Waals surface area contributed by atoms with E-state index in [0.29, 0.717) is 25.8 Å². The van der Waals surface area contributed by atoms with Gasteiger partial charge in [0.05, 0.1) is 12.5 Å². The minimum absolute atomic E-state index is 0.0502. The fourth-order valence-electron chi connectivity index (χ4n) is 3.16. The Morgan fingerprint density at radius 2 is 1.35 bits per heavy atom. The third kappa shape index (κ3) is 11.9. The predicted molar refractivity (Wildman–Crippen MR) is 125 cm³/mol. The van der Waals surface area contributed by atoms with Crippen molar-refractivity contribution >= 4 is 29.7 Å². The minimum Gasteiger partial charge on any atom is -0.481 e. The van der Waals surface area contributed by atoms with Crippen LogP contribution in [0.4, 0.5) is 0 Å². The van der Waals surface area contributed by atoms with Gasteiger partial charge < -0.3 is 37.6 Å². The number of hydrogen-bond acceptors (Lipinski definition) is 7. The van der Waals surface area contributed by atoms with E-state index in [0.717, 1.165) is 0 Å². The number of nitrogens with one attached hydrogen (secondary N) is 3. The lowest BCUT2D eigenvalue weighted by Crippen LogP contribution is -2.58. The van der Waals surface area contributed by atoms with Gasteiger partial charge in [-0.25, -0.2) is 4.79 Å². The van der Waals surface area contributed by atoms with Crippen molar-refractivity contribution in [3.05, 3.63) is 0 Å². The highest BCUT2D eigenvalue weighted by molar-refractivity contribution is 5.95. The molecule has 196 valence electrons. The van der Waals surface area contributed by atoms with Crippen LogP contribution in [0.2, 0.25) is 0 Å². The summed E-state index contributed by atoms with van der Waals surface area (Å²) < 4.78 is 0. The van der Waals surface area contributed by atoms with Crippen molar-refractivity contribution in [3.8, 4) is 0 Å². The van der Waals surface area contributed by atoms with Crippen LogP contribution in [0.1, 0.15) is 66.2 Å². The minimum atomic E-state index is -1.53. The van der Waals surface area contributed by atoms with E-state index in [-0.39, 0.29) is 24.7 Å². The quantitative estimate of drug-likeness (QED) is 0.132. The first-order valence-electron chi connectivity index (χ1n) is 11.6. The first-order valence-corrected chi connectivity index (χ1v) is 11.6. The van der Waals surface area contributed by atoms with Crippen molar-refractivity contribution in [3.63, 3.8) is 0 Å². The molecule has 5 atom stereocenters. The van der Waals surface area contributed by atoms with Crippen molar-refractivity contribution in [1.29, 1.82) is 0 Å². The molecule has 0 aromatic rings. The molecule has 34 heavy (non-hydrogen) atoms. The fourth-order valence-corrected chi connectivity index (χ4v) is 3.16. The second kappa shape index (κ2) is 16.0. The highest BCUT2D eigenvalue weighted by Gasteiger charge is 2.32. The van der Waals surface area contributed by atoms with Crippen LogP contribution < -0.4 is 27.4 Å². The van der Waals surface area contributed by atoms with Gasteiger partial charge in [-0.3, -0.25) is 19.2 Å². The molecule has 0 saturated heterocycles. The normalized spacial score (nSPS) is 15.5. The summed E-state index contributed by atoms with van der Waals surface area (Å²) in [6.07, 6.45) is 1.31. The summed E-state index contributed by atoms with van der Waals surface area (Å²) in [5, 5.41) is 25.8. The molecule has 0 radical (unpaired) electrons. The summed E-state index contributed by atoms with van der Waals surface area (Å²) in [7, 11) is 0. The third-order valence-electron chi connectivity index (χ3n) is 5.47. The average molecular weight is 488 g/mol. The molecule has 5 unspecified atom stereocenters. The maximum atomic E-state index is 12.9. The second-order valence-corrected chi connectivity index (χ2v) is 8.94. The lowest BCUT2D eigenvalue weighted by molar-refractivity contribution is -0.144. The molecule has 9 N–H and O–H groups in total. The topological polar surface area (TPSA) is 214 Å². The van der Waals surface area contributed by atoms with E-state index in [4.69, 9.17) is 11.5 Å². The first-order chi connectivity index (χ1) is 15.8. The van der Waals surface area contributed by atoms with Gasteiger partial charge >= 0.3 is 11.9 Å². The Bertz CT molecular complexity index is 701. The molecule has 3 amide bonds. The summed E-state index contributed by atoms with van der Waals surface area (Å²) in [6, 6.07) is -4.69. The van der Waals surface area contributed by atoms with Gasteiger partial charge in [-0.15, -0.1) is 0 Å². The molecular formula is C22H41N5O7.